The second-order valence-electron chi connectivity index (χ2n) is 6.40. The number of carbonyl (C=O) groups excluding carboxylic acids is 3. The van der Waals surface area contributed by atoms with E-state index in [4.69, 9.17) is 4.74 Å². The molecule has 1 heterocycles. The molecule has 6 heteroatoms. The molecule has 1 amide bonds. The molecule has 146 valence electrons. The Bertz CT molecular complexity index is 1000. The number of carbonyl (C=O) groups is 3. The summed E-state index contributed by atoms with van der Waals surface area (Å²) < 4.78 is 5.21. The maximum absolute atomic E-state index is 12.8. The minimum absolute atomic E-state index is 0.000266. The summed E-state index contributed by atoms with van der Waals surface area (Å²) in [6.07, 6.45) is 1.44. The number of amides is 1. The van der Waals surface area contributed by atoms with Crippen molar-refractivity contribution < 1.29 is 19.1 Å². The fraction of sp³-hybridized carbons (Fsp3) is 0.130. The molecular weight excluding hydrogens is 368 g/mol. The van der Waals surface area contributed by atoms with Crippen molar-refractivity contribution in [3.63, 3.8) is 0 Å². The molecule has 0 fully saturated rings. The van der Waals surface area contributed by atoms with Crippen molar-refractivity contribution >= 4 is 17.7 Å². The summed E-state index contributed by atoms with van der Waals surface area (Å²) in [5.41, 5.74) is 1.50. The van der Waals surface area contributed by atoms with Crippen molar-refractivity contribution in [2.45, 2.75) is 6.61 Å². The van der Waals surface area contributed by atoms with Crippen LogP contribution in [0.1, 0.15) is 32.0 Å². The van der Waals surface area contributed by atoms with Gasteiger partial charge in [-0.25, -0.2) is 0 Å². The van der Waals surface area contributed by atoms with Gasteiger partial charge in [-0.05, 0) is 17.7 Å². The van der Waals surface area contributed by atoms with Crippen LogP contribution >= 0.6 is 0 Å². The Balaban J connectivity index is 1.68. The highest BCUT2D eigenvalue weighted by Gasteiger charge is 2.23. The van der Waals surface area contributed by atoms with Crippen molar-refractivity contribution in [2.75, 3.05) is 13.6 Å². The van der Waals surface area contributed by atoms with Gasteiger partial charge in [-0.2, -0.15) is 0 Å². The van der Waals surface area contributed by atoms with E-state index in [1.54, 1.807) is 42.5 Å². The SMILES string of the molecule is CN(CC(=O)OCc1ccccc1)C(=O)c1ncccc1C(=O)c1ccccc1. The van der Waals surface area contributed by atoms with E-state index in [0.29, 0.717) is 5.56 Å². The fourth-order valence-corrected chi connectivity index (χ4v) is 2.73. The quantitative estimate of drug-likeness (QED) is 0.459. The highest BCUT2D eigenvalue weighted by Crippen LogP contribution is 2.14. The number of esters is 1. The van der Waals surface area contributed by atoms with Crippen LogP contribution in [0.4, 0.5) is 0 Å². The predicted octanol–water partition coefficient (Wildman–Crippen LogP) is 3.13. The third-order valence-electron chi connectivity index (χ3n) is 4.25. The number of hydrogen-bond donors (Lipinski definition) is 0. The Morgan fingerprint density at radius 3 is 2.24 bits per heavy atom. The number of hydrogen-bond acceptors (Lipinski definition) is 5. The van der Waals surface area contributed by atoms with Crippen molar-refractivity contribution in [1.82, 2.24) is 9.88 Å². The van der Waals surface area contributed by atoms with Crippen LogP contribution < -0.4 is 0 Å². The Morgan fingerprint density at radius 1 is 0.897 bits per heavy atom. The van der Waals surface area contributed by atoms with Gasteiger partial charge in [0.15, 0.2) is 5.78 Å². The Hall–Kier alpha value is -3.80. The molecule has 3 rings (SSSR count). The summed E-state index contributed by atoms with van der Waals surface area (Å²) in [5, 5.41) is 0. The van der Waals surface area contributed by atoms with E-state index in [9.17, 15) is 14.4 Å². The van der Waals surface area contributed by atoms with Crippen LogP contribution in [0.5, 0.6) is 0 Å². The molecule has 0 aliphatic rings. The Kier molecular flexibility index (Phi) is 6.47. The molecule has 0 unspecified atom stereocenters. The van der Waals surface area contributed by atoms with Crippen LogP contribution in [0.3, 0.4) is 0 Å². The molecule has 0 saturated carbocycles. The van der Waals surface area contributed by atoms with Gasteiger partial charge in [-0.1, -0.05) is 60.7 Å². The van der Waals surface area contributed by atoms with Crippen molar-refractivity contribution in [3.05, 3.63) is 101 Å². The molecule has 6 nitrogen and oxygen atoms in total. The van der Waals surface area contributed by atoms with Crippen LogP contribution in [0, 0.1) is 0 Å². The van der Waals surface area contributed by atoms with Crippen molar-refractivity contribution in [2.24, 2.45) is 0 Å². The lowest BCUT2D eigenvalue weighted by molar-refractivity contribution is -0.145. The van der Waals surface area contributed by atoms with E-state index < -0.39 is 11.9 Å². The van der Waals surface area contributed by atoms with Crippen LogP contribution in [0.25, 0.3) is 0 Å². The molecule has 2 aromatic carbocycles. The molecule has 0 radical (unpaired) electrons. The van der Waals surface area contributed by atoms with Gasteiger partial charge < -0.3 is 9.64 Å². The maximum Gasteiger partial charge on any atom is 0.325 e. The largest absolute Gasteiger partial charge is 0.459 e. The molecule has 29 heavy (non-hydrogen) atoms. The third kappa shape index (κ3) is 5.13. The van der Waals surface area contributed by atoms with Crippen LogP contribution in [-0.2, 0) is 16.1 Å². The number of benzene rings is 2. The molecule has 0 saturated heterocycles. The zero-order chi connectivity index (χ0) is 20.6. The first-order valence-corrected chi connectivity index (χ1v) is 9.06. The van der Waals surface area contributed by atoms with Gasteiger partial charge in [-0.15, -0.1) is 0 Å². The minimum Gasteiger partial charge on any atom is -0.459 e. The number of ketones is 1. The first kappa shape index (κ1) is 19.9. The fourth-order valence-electron chi connectivity index (χ4n) is 2.73. The van der Waals surface area contributed by atoms with Gasteiger partial charge >= 0.3 is 5.97 Å². The normalized spacial score (nSPS) is 10.2. The zero-order valence-electron chi connectivity index (χ0n) is 15.9. The Morgan fingerprint density at radius 2 is 1.55 bits per heavy atom. The van der Waals surface area contributed by atoms with Crippen LogP contribution in [0.2, 0.25) is 0 Å². The lowest BCUT2D eigenvalue weighted by Crippen LogP contribution is -2.34. The topological polar surface area (TPSA) is 76.6 Å². The number of nitrogens with zero attached hydrogens (tertiary/aromatic N) is 2. The summed E-state index contributed by atoms with van der Waals surface area (Å²) in [7, 11) is 1.47. The van der Waals surface area contributed by atoms with E-state index in [2.05, 4.69) is 4.98 Å². The van der Waals surface area contributed by atoms with E-state index in [1.807, 2.05) is 30.3 Å². The molecule has 0 atom stereocenters. The number of ether oxygens (including phenoxy) is 1. The first-order chi connectivity index (χ1) is 14.1. The summed E-state index contributed by atoms with van der Waals surface area (Å²) in [6, 6.07) is 21.1. The number of aromatic nitrogens is 1. The highest BCUT2D eigenvalue weighted by atomic mass is 16.5. The standard InChI is InChI=1S/C23H20N2O4/c1-25(15-20(26)29-16-17-9-4-2-5-10-17)23(28)21-19(13-8-14-24-21)22(27)18-11-6-3-7-12-18/h2-14H,15-16H2,1H3. The molecule has 0 spiro atoms. The summed E-state index contributed by atoms with van der Waals surface area (Å²) in [6.45, 7) is -0.121. The van der Waals surface area contributed by atoms with Gasteiger partial charge in [0.2, 0.25) is 0 Å². The van der Waals surface area contributed by atoms with E-state index >= 15 is 0 Å². The maximum atomic E-state index is 12.8. The van der Waals surface area contributed by atoms with Gasteiger partial charge in [0.05, 0.1) is 5.56 Å². The molecule has 3 aromatic rings. The minimum atomic E-state index is -0.545. The monoisotopic (exact) mass is 388 g/mol. The van der Waals surface area contributed by atoms with Crippen molar-refractivity contribution in [3.8, 4) is 0 Å². The Labute approximate surface area is 168 Å². The molecule has 0 aliphatic carbocycles. The molecular formula is C23H20N2O4. The van der Waals surface area contributed by atoms with Gasteiger partial charge in [-0.3, -0.25) is 19.4 Å². The molecule has 0 N–H and O–H groups in total. The van der Waals surface area contributed by atoms with E-state index in [1.165, 1.54) is 18.1 Å². The lowest BCUT2D eigenvalue weighted by Gasteiger charge is -2.17. The van der Waals surface area contributed by atoms with E-state index in [0.717, 1.165) is 5.56 Å². The number of likely N-dealkylation sites (N-methyl/N-ethyl adjacent to an activating group) is 1. The smallest absolute Gasteiger partial charge is 0.325 e. The van der Waals surface area contributed by atoms with Crippen molar-refractivity contribution in [1.29, 1.82) is 0 Å². The molecule has 0 bridgehead atoms. The average Bonchev–Trinajstić information content (AvgIpc) is 2.78. The lowest BCUT2D eigenvalue weighted by atomic mass is 10.0. The summed E-state index contributed by atoms with van der Waals surface area (Å²) >= 11 is 0. The average molecular weight is 388 g/mol. The van der Waals surface area contributed by atoms with E-state index in [-0.39, 0.29) is 30.2 Å². The highest BCUT2D eigenvalue weighted by molar-refractivity contribution is 6.14. The molecule has 0 aliphatic heterocycles. The van der Waals surface area contributed by atoms with Gasteiger partial charge in [0, 0.05) is 18.8 Å². The predicted molar refractivity (Wildman–Crippen MR) is 107 cm³/mol. The van der Waals surface area contributed by atoms with Crippen LogP contribution in [-0.4, -0.2) is 41.1 Å². The second kappa shape index (κ2) is 9.41. The number of rotatable bonds is 7. The first-order valence-electron chi connectivity index (χ1n) is 9.06. The third-order valence-corrected chi connectivity index (χ3v) is 4.25. The number of pyridine rings is 1. The summed E-state index contributed by atoms with van der Waals surface area (Å²) in [5.74, 6) is -1.37. The van der Waals surface area contributed by atoms with Gasteiger partial charge in [0.1, 0.15) is 18.8 Å². The molecule has 1 aromatic heterocycles. The summed E-state index contributed by atoms with van der Waals surface area (Å²) in [4.78, 5) is 43.0. The second-order valence-corrected chi connectivity index (χ2v) is 6.40. The van der Waals surface area contributed by atoms with Crippen LogP contribution in [0.15, 0.2) is 79.0 Å². The zero-order valence-corrected chi connectivity index (χ0v) is 15.9. The van der Waals surface area contributed by atoms with Gasteiger partial charge in [0.25, 0.3) is 5.91 Å².